The van der Waals surface area contributed by atoms with Crippen molar-refractivity contribution in [2.75, 3.05) is 12.4 Å². The Balaban J connectivity index is 1.85. The van der Waals surface area contributed by atoms with Crippen molar-refractivity contribution in [3.05, 3.63) is 41.0 Å². The first-order chi connectivity index (χ1) is 9.76. The van der Waals surface area contributed by atoms with Gasteiger partial charge in [-0.1, -0.05) is 29.5 Å². The fourth-order valence-corrected chi connectivity index (χ4v) is 2.49. The number of nitrogens with zero attached hydrogens (tertiary/aromatic N) is 3. The normalized spacial score (nSPS) is 10.7. The standard InChI is InChI=1S/C14H14N4OS/c1-9-6-7-10-4-3-5-11(13(10)16-9)19-8-12-17-18-14(15-2)20-12/h3-7H,8H2,1-2H3,(H,15,18). The highest BCUT2D eigenvalue weighted by atomic mass is 32.1. The van der Waals surface area contributed by atoms with E-state index in [1.807, 2.05) is 38.2 Å². The van der Waals surface area contributed by atoms with Crippen molar-refractivity contribution in [1.82, 2.24) is 15.2 Å². The molecule has 0 bridgehead atoms. The second-order valence-electron chi connectivity index (χ2n) is 4.32. The van der Waals surface area contributed by atoms with Gasteiger partial charge in [0, 0.05) is 18.1 Å². The van der Waals surface area contributed by atoms with Crippen LogP contribution in [0.3, 0.4) is 0 Å². The van der Waals surface area contributed by atoms with E-state index in [-0.39, 0.29) is 0 Å². The van der Waals surface area contributed by atoms with Gasteiger partial charge in [-0.25, -0.2) is 4.98 Å². The van der Waals surface area contributed by atoms with Gasteiger partial charge in [-0.3, -0.25) is 0 Å². The molecule has 20 heavy (non-hydrogen) atoms. The molecule has 0 radical (unpaired) electrons. The molecule has 0 saturated heterocycles. The number of nitrogens with one attached hydrogen (secondary N) is 1. The molecule has 2 aromatic heterocycles. The quantitative estimate of drug-likeness (QED) is 0.799. The van der Waals surface area contributed by atoms with Crippen molar-refractivity contribution < 1.29 is 4.74 Å². The molecule has 5 nitrogen and oxygen atoms in total. The maximum atomic E-state index is 5.84. The van der Waals surface area contributed by atoms with E-state index in [4.69, 9.17) is 4.74 Å². The van der Waals surface area contributed by atoms with E-state index in [1.165, 1.54) is 11.3 Å². The molecule has 0 atom stereocenters. The van der Waals surface area contributed by atoms with Crippen LogP contribution in [-0.2, 0) is 6.61 Å². The minimum Gasteiger partial charge on any atom is -0.484 e. The number of para-hydroxylation sites is 1. The fraction of sp³-hybridized carbons (Fsp3) is 0.214. The summed E-state index contributed by atoms with van der Waals surface area (Å²) in [5.74, 6) is 0.771. The lowest BCUT2D eigenvalue weighted by atomic mass is 10.2. The van der Waals surface area contributed by atoms with Crippen LogP contribution in [0.25, 0.3) is 10.9 Å². The lowest BCUT2D eigenvalue weighted by Crippen LogP contribution is -1.96. The monoisotopic (exact) mass is 286 g/mol. The molecule has 0 unspecified atom stereocenters. The van der Waals surface area contributed by atoms with Crippen molar-refractivity contribution in [3.8, 4) is 5.75 Å². The average Bonchev–Trinajstić information content (AvgIpc) is 2.93. The summed E-state index contributed by atoms with van der Waals surface area (Å²) in [7, 11) is 1.82. The maximum absolute atomic E-state index is 5.84. The first kappa shape index (κ1) is 12.8. The minimum atomic E-state index is 0.397. The van der Waals surface area contributed by atoms with E-state index in [2.05, 4.69) is 26.6 Å². The van der Waals surface area contributed by atoms with E-state index >= 15 is 0 Å². The van der Waals surface area contributed by atoms with E-state index in [1.54, 1.807) is 0 Å². The molecule has 0 aliphatic heterocycles. The Morgan fingerprint density at radius 3 is 2.90 bits per heavy atom. The molecule has 0 saturated carbocycles. The smallest absolute Gasteiger partial charge is 0.205 e. The third-order valence-corrected chi connectivity index (χ3v) is 3.77. The molecule has 0 aliphatic rings. The molecule has 6 heteroatoms. The summed E-state index contributed by atoms with van der Waals surface area (Å²) in [5.41, 5.74) is 1.85. The van der Waals surface area contributed by atoms with Gasteiger partial charge in [0.05, 0.1) is 0 Å². The molecule has 1 aromatic carbocycles. The molecule has 102 valence electrons. The van der Waals surface area contributed by atoms with Crippen LogP contribution in [0, 0.1) is 6.92 Å². The van der Waals surface area contributed by atoms with Crippen LogP contribution in [0.1, 0.15) is 10.7 Å². The molecule has 2 heterocycles. The van der Waals surface area contributed by atoms with E-state index < -0.39 is 0 Å². The Morgan fingerprint density at radius 2 is 2.10 bits per heavy atom. The zero-order chi connectivity index (χ0) is 13.9. The van der Waals surface area contributed by atoms with Crippen molar-refractivity contribution in [3.63, 3.8) is 0 Å². The highest BCUT2D eigenvalue weighted by Gasteiger charge is 2.07. The van der Waals surface area contributed by atoms with Crippen LogP contribution in [0.4, 0.5) is 5.13 Å². The summed E-state index contributed by atoms with van der Waals surface area (Å²) in [6.45, 7) is 2.37. The molecule has 0 spiro atoms. The second-order valence-corrected chi connectivity index (χ2v) is 5.38. The summed E-state index contributed by atoms with van der Waals surface area (Å²) in [6.07, 6.45) is 0. The SMILES string of the molecule is CNc1nnc(COc2cccc3ccc(C)nc23)s1. The largest absolute Gasteiger partial charge is 0.484 e. The fourth-order valence-electron chi connectivity index (χ4n) is 1.89. The van der Waals surface area contributed by atoms with Crippen molar-refractivity contribution in [1.29, 1.82) is 0 Å². The number of pyridine rings is 1. The third-order valence-electron chi connectivity index (χ3n) is 2.85. The number of anilines is 1. The van der Waals surface area contributed by atoms with Gasteiger partial charge in [-0.15, -0.1) is 10.2 Å². The topological polar surface area (TPSA) is 59.9 Å². The molecule has 0 amide bonds. The van der Waals surface area contributed by atoms with Crippen molar-refractivity contribution in [2.45, 2.75) is 13.5 Å². The Kier molecular flexibility index (Phi) is 3.47. The summed E-state index contributed by atoms with van der Waals surface area (Å²) in [5, 5.41) is 13.7. The number of hydrogen-bond donors (Lipinski definition) is 1. The zero-order valence-corrected chi connectivity index (χ0v) is 12.1. The molecule has 0 fully saturated rings. The van der Waals surface area contributed by atoms with Crippen molar-refractivity contribution in [2.24, 2.45) is 0 Å². The Hall–Kier alpha value is -2.21. The highest BCUT2D eigenvalue weighted by molar-refractivity contribution is 7.15. The van der Waals surface area contributed by atoms with Crippen LogP contribution in [0.2, 0.25) is 0 Å². The minimum absolute atomic E-state index is 0.397. The molecule has 3 rings (SSSR count). The number of rotatable bonds is 4. The van der Waals surface area contributed by atoms with Gasteiger partial charge < -0.3 is 10.1 Å². The molecular formula is C14H14N4OS. The lowest BCUT2D eigenvalue weighted by molar-refractivity contribution is 0.307. The number of fused-ring (bicyclic) bond motifs is 1. The number of benzene rings is 1. The molecule has 3 aromatic rings. The number of aromatic nitrogens is 3. The maximum Gasteiger partial charge on any atom is 0.205 e. The molecule has 1 N–H and O–H groups in total. The molecular weight excluding hydrogens is 272 g/mol. The van der Waals surface area contributed by atoms with Crippen LogP contribution in [0.5, 0.6) is 5.75 Å². The first-order valence-electron chi connectivity index (χ1n) is 6.25. The Labute approximate surface area is 120 Å². The number of aryl methyl sites for hydroxylation is 1. The summed E-state index contributed by atoms with van der Waals surface area (Å²) >= 11 is 1.48. The van der Waals surface area contributed by atoms with Crippen LogP contribution >= 0.6 is 11.3 Å². The van der Waals surface area contributed by atoms with Gasteiger partial charge in [0.25, 0.3) is 0 Å². The summed E-state index contributed by atoms with van der Waals surface area (Å²) in [6, 6.07) is 9.96. The summed E-state index contributed by atoms with van der Waals surface area (Å²) in [4.78, 5) is 4.54. The highest BCUT2D eigenvalue weighted by Crippen LogP contribution is 2.25. The number of hydrogen-bond acceptors (Lipinski definition) is 6. The predicted octanol–water partition coefficient (Wildman–Crippen LogP) is 3.02. The van der Waals surface area contributed by atoms with Crippen LogP contribution in [0.15, 0.2) is 30.3 Å². The summed E-state index contributed by atoms with van der Waals surface area (Å²) < 4.78 is 5.84. The first-order valence-corrected chi connectivity index (χ1v) is 7.07. The van der Waals surface area contributed by atoms with Gasteiger partial charge in [-0.05, 0) is 19.1 Å². The third kappa shape index (κ3) is 2.55. The van der Waals surface area contributed by atoms with Gasteiger partial charge >= 0.3 is 0 Å². The van der Waals surface area contributed by atoms with Gasteiger partial charge in [0.15, 0.2) is 5.01 Å². The van der Waals surface area contributed by atoms with E-state index in [0.717, 1.165) is 32.5 Å². The predicted molar refractivity (Wildman–Crippen MR) is 80.3 cm³/mol. The lowest BCUT2D eigenvalue weighted by Gasteiger charge is -2.07. The second kappa shape index (κ2) is 5.42. The number of ether oxygens (including phenoxy) is 1. The Bertz CT molecular complexity index is 741. The van der Waals surface area contributed by atoms with Crippen LogP contribution < -0.4 is 10.1 Å². The van der Waals surface area contributed by atoms with Crippen LogP contribution in [-0.4, -0.2) is 22.2 Å². The molecule has 0 aliphatic carbocycles. The Morgan fingerprint density at radius 1 is 1.20 bits per heavy atom. The van der Waals surface area contributed by atoms with E-state index in [9.17, 15) is 0 Å². The van der Waals surface area contributed by atoms with Crippen molar-refractivity contribution >= 4 is 27.4 Å². The zero-order valence-electron chi connectivity index (χ0n) is 11.3. The average molecular weight is 286 g/mol. The van der Waals surface area contributed by atoms with E-state index in [0.29, 0.717) is 6.61 Å². The van der Waals surface area contributed by atoms with Gasteiger partial charge in [0.1, 0.15) is 17.9 Å². The van der Waals surface area contributed by atoms with Gasteiger partial charge in [0.2, 0.25) is 5.13 Å². The van der Waals surface area contributed by atoms with Gasteiger partial charge in [-0.2, -0.15) is 0 Å².